The summed E-state index contributed by atoms with van der Waals surface area (Å²) in [5.74, 6) is -0.307. The standard InChI is InChI=1S/C15H22FN3O/c16-15-9-14(20)2-1-12(15)3-4-18-5-7-19(8-6-18)13-10-17-11-13/h1-2,9,13,17,20H,3-8,10-11H2. The summed E-state index contributed by atoms with van der Waals surface area (Å²) >= 11 is 0. The van der Waals surface area contributed by atoms with Crippen molar-refractivity contribution in [3.05, 3.63) is 29.6 Å². The van der Waals surface area contributed by atoms with Gasteiger partial charge in [-0.3, -0.25) is 4.90 Å². The second kappa shape index (κ2) is 6.08. The Bertz CT molecular complexity index is 456. The molecule has 0 bridgehead atoms. The molecule has 20 heavy (non-hydrogen) atoms. The summed E-state index contributed by atoms with van der Waals surface area (Å²) in [6.07, 6.45) is 0.705. The lowest BCUT2D eigenvalue weighted by molar-refractivity contribution is 0.0733. The lowest BCUT2D eigenvalue weighted by atomic mass is 10.1. The van der Waals surface area contributed by atoms with Crippen LogP contribution in [0.3, 0.4) is 0 Å². The number of hydrogen-bond donors (Lipinski definition) is 2. The highest BCUT2D eigenvalue weighted by molar-refractivity contribution is 5.27. The van der Waals surface area contributed by atoms with Crippen LogP contribution in [0.1, 0.15) is 5.56 Å². The van der Waals surface area contributed by atoms with Crippen LogP contribution in [0.2, 0.25) is 0 Å². The summed E-state index contributed by atoms with van der Waals surface area (Å²) in [6.45, 7) is 7.50. The van der Waals surface area contributed by atoms with Crippen molar-refractivity contribution < 1.29 is 9.50 Å². The number of halogens is 1. The van der Waals surface area contributed by atoms with E-state index >= 15 is 0 Å². The summed E-state index contributed by atoms with van der Waals surface area (Å²) < 4.78 is 13.6. The van der Waals surface area contributed by atoms with E-state index in [-0.39, 0.29) is 11.6 Å². The van der Waals surface area contributed by atoms with Gasteiger partial charge in [-0.1, -0.05) is 6.07 Å². The molecule has 2 aliphatic rings. The zero-order valence-corrected chi connectivity index (χ0v) is 11.7. The molecule has 2 aliphatic heterocycles. The molecule has 1 aromatic carbocycles. The number of rotatable bonds is 4. The minimum Gasteiger partial charge on any atom is -0.508 e. The molecule has 2 saturated heterocycles. The first kappa shape index (κ1) is 13.8. The number of benzene rings is 1. The number of aromatic hydroxyl groups is 1. The van der Waals surface area contributed by atoms with E-state index in [9.17, 15) is 9.50 Å². The predicted molar refractivity (Wildman–Crippen MR) is 76.4 cm³/mol. The average molecular weight is 279 g/mol. The van der Waals surface area contributed by atoms with Crippen molar-refractivity contribution in [2.75, 3.05) is 45.8 Å². The van der Waals surface area contributed by atoms with Crippen molar-refractivity contribution in [3.8, 4) is 5.75 Å². The van der Waals surface area contributed by atoms with Crippen molar-refractivity contribution in [1.29, 1.82) is 0 Å². The van der Waals surface area contributed by atoms with Gasteiger partial charge in [-0.15, -0.1) is 0 Å². The second-order valence-electron chi connectivity index (χ2n) is 5.72. The molecule has 5 heteroatoms. The lowest BCUT2D eigenvalue weighted by Crippen LogP contribution is -2.61. The molecule has 0 radical (unpaired) electrons. The van der Waals surface area contributed by atoms with Gasteiger partial charge in [0.15, 0.2) is 0 Å². The number of phenols is 1. The van der Waals surface area contributed by atoms with Crippen LogP contribution in [-0.4, -0.2) is 66.8 Å². The van der Waals surface area contributed by atoms with Crippen molar-refractivity contribution in [2.45, 2.75) is 12.5 Å². The van der Waals surface area contributed by atoms with Crippen molar-refractivity contribution in [3.63, 3.8) is 0 Å². The molecule has 0 spiro atoms. The molecule has 2 fully saturated rings. The first-order chi connectivity index (χ1) is 9.72. The third-order valence-corrected chi connectivity index (χ3v) is 4.42. The Hall–Kier alpha value is -1.17. The van der Waals surface area contributed by atoms with Gasteiger partial charge in [-0.25, -0.2) is 4.39 Å². The maximum absolute atomic E-state index is 13.6. The zero-order valence-electron chi connectivity index (χ0n) is 11.7. The Labute approximate surface area is 119 Å². The molecule has 110 valence electrons. The van der Waals surface area contributed by atoms with Crippen LogP contribution in [0.5, 0.6) is 5.75 Å². The molecule has 0 aromatic heterocycles. The Balaban J connectivity index is 1.45. The fourth-order valence-corrected chi connectivity index (χ4v) is 2.90. The molecule has 0 saturated carbocycles. The van der Waals surface area contributed by atoms with Crippen LogP contribution >= 0.6 is 0 Å². The van der Waals surface area contributed by atoms with Crippen molar-refractivity contribution in [2.24, 2.45) is 0 Å². The molecule has 0 aliphatic carbocycles. The van der Waals surface area contributed by atoms with Gasteiger partial charge < -0.3 is 15.3 Å². The van der Waals surface area contributed by atoms with Crippen LogP contribution in [0.25, 0.3) is 0 Å². The fraction of sp³-hybridized carbons (Fsp3) is 0.600. The van der Waals surface area contributed by atoms with Gasteiger partial charge in [0, 0.05) is 57.9 Å². The molecular weight excluding hydrogens is 257 g/mol. The quantitative estimate of drug-likeness (QED) is 0.849. The van der Waals surface area contributed by atoms with Gasteiger partial charge in [0.05, 0.1) is 0 Å². The molecule has 4 nitrogen and oxygen atoms in total. The normalized spacial score (nSPS) is 21.9. The molecule has 2 heterocycles. The summed E-state index contributed by atoms with van der Waals surface area (Å²) in [7, 11) is 0. The number of nitrogens with zero attached hydrogens (tertiary/aromatic N) is 2. The third kappa shape index (κ3) is 3.11. The predicted octanol–water partition coefficient (Wildman–Crippen LogP) is 0.663. The minimum absolute atomic E-state index is 0.00558. The highest BCUT2D eigenvalue weighted by Gasteiger charge is 2.27. The number of nitrogens with one attached hydrogen (secondary N) is 1. The van der Waals surface area contributed by atoms with E-state index in [1.165, 1.54) is 6.07 Å². The molecule has 1 aromatic rings. The van der Waals surface area contributed by atoms with Crippen LogP contribution in [0.15, 0.2) is 18.2 Å². The van der Waals surface area contributed by atoms with E-state index in [4.69, 9.17) is 0 Å². The highest BCUT2D eigenvalue weighted by atomic mass is 19.1. The first-order valence-electron chi connectivity index (χ1n) is 7.37. The topological polar surface area (TPSA) is 38.7 Å². The number of hydrogen-bond acceptors (Lipinski definition) is 4. The fourth-order valence-electron chi connectivity index (χ4n) is 2.90. The van der Waals surface area contributed by atoms with Crippen LogP contribution in [0, 0.1) is 5.82 Å². The van der Waals surface area contributed by atoms with Gasteiger partial charge in [0.25, 0.3) is 0 Å². The molecule has 0 unspecified atom stereocenters. The molecule has 3 rings (SSSR count). The Morgan fingerprint density at radius 3 is 2.55 bits per heavy atom. The van der Waals surface area contributed by atoms with E-state index in [0.717, 1.165) is 51.9 Å². The van der Waals surface area contributed by atoms with Gasteiger partial charge in [0.1, 0.15) is 11.6 Å². The van der Waals surface area contributed by atoms with E-state index in [2.05, 4.69) is 15.1 Å². The van der Waals surface area contributed by atoms with E-state index < -0.39 is 0 Å². The molecule has 0 atom stereocenters. The Morgan fingerprint density at radius 2 is 1.95 bits per heavy atom. The monoisotopic (exact) mass is 279 g/mol. The smallest absolute Gasteiger partial charge is 0.130 e. The summed E-state index contributed by atoms with van der Waals surface area (Å²) in [5, 5.41) is 12.5. The summed E-state index contributed by atoms with van der Waals surface area (Å²) in [6, 6.07) is 5.16. The maximum Gasteiger partial charge on any atom is 0.130 e. The minimum atomic E-state index is -0.302. The maximum atomic E-state index is 13.6. The van der Waals surface area contributed by atoms with E-state index in [0.29, 0.717) is 12.0 Å². The van der Waals surface area contributed by atoms with Gasteiger partial charge in [-0.2, -0.15) is 0 Å². The number of phenolic OH excluding ortho intramolecular Hbond substituents is 1. The van der Waals surface area contributed by atoms with Crippen LogP contribution < -0.4 is 5.32 Å². The van der Waals surface area contributed by atoms with E-state index in [1.807, 2.05) is 0 Å². The first-order valence-corrected chi connectivity index (χ1v) is 7.37. The largest absolute Gasteiger partial charge is 0.508 e. The summed E-state index contributed by atoms with van der Waals surface area (Å²) in [4.78, 5) is 4.95. The molecule has 0 amide bonds. The lowest BCUT2D eigenvalue weighted by Gasteiger charge is -2.43. The third-order valence-electron chi connectivity index (χ3n) is 4.42. The van der Waals surface area contributed by atoms with Crippen molar-refractivity contribution in [1.82, 2.24) is 15.1 Å². The Kier molecular flexibility index (Phi) is 4.19. The van der Waals surface area contributed by atoms with Crippen LogP contribution in [-0.2, 0) is 6.42 Å². The van der Waals surface area contributed by atoms with Crippen molar-refractivity contribution >= 4 is 0 Å². The second-order valence-corrected chi connectivity index (χ2v) is 5.72. The Morgan fingerprint density at radius 1 is 1.20 bits per heavy atom. The number of piperazine rings is 1. The molecule has 2 N–H and O–H groups in total. The highest BCUT2D eigenvalue weighted by Crippen LogP contribution is 2.16. The van der Waals surface area contributed by atoms with E-state index in [1.54, 1.807) is 12.1 Å². The summed E-state index contributed by atoms with van der Waals surface area (Å²) in [5.41, 5.74) is 0.688. The van der Waals surface area contributed by atoms with Gasteiger partial charge in [0.2, 0.25) is 0 Å². The van der Waals surface area contributed by atoms with Gasteiger partial charge in [-0.05, 0) is 18.1 Å². The average Bonchev–Trinajstić information content (AvgIpc) is 2.37. The van der Waals surface area contributed by atoms with Gasteiger partial charge >= 0.3 is 0 Å². The SMILES string of the molecule is Oc1ccc(CCN2CCN(C3CNC3)CC2)c(F)c1. The van der Waals surface area contributed by atoms with Crippen LogP contribution in [0.4, 0.5) is 4.39 Å². The zero-order chi connectivity index (χ0) is 13.9. The molecular formula is C15H22FN3O.